The van der Waals surface area contributed by atoms with E-state index < -0.39 is 20.0 Å². The van der Waals surface area contributed by atoms with Crippen LogP contribution >= 0.6 is 0 Å². The lowest BCUT2D eigenvalue weighted by Gasteiger charge is -2.31. The van der Waals surface area contributed by atoms with Crippen molar-refractivity contribution in [3.05, 3.63) is 78.4 Å². The zero-order valence-electron chi connectivity index (χ0n) is 19.4. The van der Waals surface area contributed by atoms with Crippen LogP contribution in [0.4, 0.5) is 17.1 Å². The van der Waals surface area contributed by atoms with Gasteiger partial charge in [0.15, 0.2) is 0 Å². The number of benzene rings is 3. The molecule has 184 valence electrons. The van der Waals surface area contributed by atoms with Crippen molar-refractivity contribution in [1.82, 2.24) is 0 Å². The lowest BCUT2D eigenvalue weighted by molar-refractivity contribution is -0.118. The van der Waals surface area contributed by atoms with Gasteiger partial charge in [0, 0.05) is 18.2 Å². The minimum Gasteiger partial charge on any atom is -0.326 e. The molecule has 0 unspecified atom stereocenters. The van der Waals surface area contributed by atoms with Gasteiger partial charge in [-0.2, -0.15) is 0 Å². The molecule has 2 N–H and O–H groups in total. The lowest BCUT2D eigenvalue weighted by atomic mass is 10.0. The van der Waals surface area contributed by atoms with Crippen LogP contribution in [0.2, 0.25) is 0 Å². The molecule has 0 fully saturated rings. The predicted molar refractivity (Wildman–Crippen MR) is 136 cm³/mol. The van der Waals surface area contributed by atoms with Gasteiger partial charge in [-0.05, 0) is 66.9 Å². The van der Waals surface area contributed by atoms with Crippen LogP contribution in [0.1, 0.15) is 25.8 Å². The number of hydrogen-bond acceptors (Lipinski definition) is 5. The number of amides is 1. The lowest BCUT2D eigenvalue weighted by Crippen LogP contribution is -2.35. The number of anilines is 3. The van der Waals surface area contributed by atoms with Crippen LogP contribution in [0.25, 0.3) is 0 Å². The van der Waals surface area contributed by atoms with Crippen molar-refractivity contribution in [2.75, 3.05) is 20.9 Å². The molecule has 0 atom stereocenters. The normalized spacial score (nSPS) is 13.9. The Labute approximate surface area is 206 Å². The van der Waals surface area contributed by atoms with Gasteiger partial charge < -0.3 is 5.32 Å². The Hall–Kier alpha value is -3.37. The SMILES string of the molecule is CC(C)C(=O)Nc1ccc(S(=O)(=O)Nc2ccc3c(c2)N(S(=O)(=O)c2ccccc2)CCC3)cc1. The highest BCUT2D eigenvalue weighted by Crippen LogP contribution is 2.34. The van der Waals surface area contributed by atoms with Crippen LogP contribution in [-0.2, 0) is 31.3 Å². The molecule has 1 aliphatic heterocycles. The maximum absolute atomic E-state index is 13.3. The number of carbonyl (C=O) groups excluding carboxylic acids is 1. The first-order chi connectivity index (χ1) is 16.6. The van der Waals surface area contributed by atoms with Gasteiger partial charge in [-0.1, -0.05) is 38.1 Å². The van der Waals surface area contributed by atoms with E-state index in [1.165, 1.54) is 28.6 Å². The highest BCUT2D eigenvalue weighted by molar-refractivity contribution is 7.93. The molecule has 0 spiro atoms. The molecule has 1 heterocycles. The molecule has 0 aliphatic carbocycles. The van der Waals surface area contributed by atoms with Crippen molar-refractivity contribution in [1.29, 1.82) is 0 Å². The van der Waals surface area contributed by atoms with E-state index in [2.05, 4.69) is 10.0 Å². The van der Waals surface area contributed by atoms with E-state index in [9.17, 15) is 21.6 Å². The largest absolute Gasteiger partial charge is 0.326 e. The molecule has 1 aliphatic rings. The first kappa shape index (κ1) is 24.7. The Balaban J connectivity index is 1.59. The molecule has 0 aromatic heterocycles. The average Bonchev–Trinajstić information content (AvgIpc) is 2.84. The van der Waals surface area contributed by atoms with Gasteiger partial charge >= 0.3 is 0 Å². The third-order valence-corrected chi connectivity index (χ3v) is 8.93. The molecule has 35 heavy (non-hydrogen) atoms. The van der Waals surface area contributed by atoms with Crippen molar-refractivity contribution in [3.63, 3.8) is 0 Å². The second-order valence-corrected chi connectivity index (χ2v) is 12.2. The monoisotopic (exact) mass is 513 g/mol. The molecule has 3 aromatic rings. The number of sulfonamides is 2. The van der Waals surface area contributed by atoms with E-state index in [-0.39, 0.29) is 27.3 Å². The summed E-state index contributed by atoms with van der Waals surface area (Å²) in [5.74, 6) is -0.364. The highest BCUT2D eigenvalue weighted by Gasteiger charge is 2.29. The minimum absolute atomic E-state index is 0.0199. The van der Waals surface area contributed by atoms with Crippen LogP contribution in [-0.4, -0.2) is 29.3 Å². The van der Waals surface area contributed by atoms with Crippen molar-refractivity contribution in [3.8, 4) is 0 Å². The maximum Gasteiger partial charge on any atom is 0.264 e. The molecular weight excluding hydrogens is 486 g/mol. The van der Waals surface area contributed by atoms with E-state index in [4.69, 9.17) is 0 Å². The molecule has 1 amide bonds. The Kier molecular flexibility index (Phi) is 6.86. The summed E-state index contributed by atoms with van der Waals surface area (Å²) >= 11 is 0. The van der Waals surface area contributed by atoms with E-state index in [0.717, 1.165) is 5.56 Å². The van der Waals surface area contributed by atoms with E-state index in [0.29, 0.717) is 30.8 Å². The van der Waals surface area contributed by atoms with E-state index >= 15 is 0 Å². The summed E-state index contributed by atoms with van der Waals surface area (Å²) < 4.78 is 56.4. The van der Waals surface area contributed by atoms with Gasteiger partial charge in [-0.15, -0.1) is 0 Å². The van der Waals surface area contributed by atoms with Gasteiger partial charge in [-0.25, -0.2) is 16.8 Å². The molecular formula is C25H27N3O5S2. The van der Waals surface area contributed by atoms with Gasteiger partial charge in [-0.3, -0.25) is 13.8 Å². The second kappa shape index (κ2) is 9.71. The van der Waals surface area contributed by atoms with Gasteiger partial charge in [0.05, 0.1) is 21.2 Å². The summed E-state index contributed by atoms with van der Waals surface area (Å²) in [5.41, 5.74) is 2.06. The Bertz CT molecular complexity index is 1440. The van der Waals surface area contributed by atoms with Crippen molar-refractivity contribution < 1.29 is 21.6 Å². The van der Waals surface area contributed by atoms with Crippen LogP contribution in [0.3, 0.4) is 0 Å². The van der Waals surface area contributed by atoms with Crippen LogP contribution in [0, 0.1) is 5.92 Å². The molecule has 0 bridgehead atoms. The number of nitrogens with zero attached hydrogens (tertiary/aromatic N) is 1. The van der Waals surface area contributed by atoms with Gasteiger partial charge in [0.2, 0.25) is 5.91 Å². The zero-order valence-corrected chi connectivity index (χ0v) is 21.1. The third kappa shape index (κ3) is 5.33. The second-order valence-electron chi connectivity index (χ2n) is 8.61. The molecule has 0 saturated heterocycles. The summed E-state index contributed by atoms with van der Waals surface area (Å²) in [6.07, 6.45) is 1.37. The first-order valence-electron chi connectivity index (χ1n) is 11.2. The number of rotatable bonds is 7. The summed E-state index contributed by atoms with van der Waals surface area (Å²) in [4.78, 5) is 12.1. The number of fused-ring (bicyclic) bond motifs is 1. The molecule has 0 radical (unpaired) electrons. The Morgan fingerprint density at radius 1 is 0.857 bits per heavy atom. The molecule has 10 heteroatoms. The van der Waals surface area contributed by atoms with E-state index in [1.807, 2.05) is 0 Å². The fourth-order valence-electron chi connectivity index (χ4n) is 3.79. The summed E-state index contributed by atoms with van der Waals surface area (Å²) in [7, 11) is -7.72. The van der Waals surface area contributed by atoms with Gasteiger partial charge in [0.1, 0.15) is 0 Å². The fraction of sp³-hybridized carbons (Fsp3) is 0.240. The maximum atomic E-state index is 13.3. The third-order valence-electron chi connectivity index (χ3n) is 5.70. The smallest absolute Gasteiger partial charge is 0.264 e. The van der Waals surface area contributed by atoms with E-state index in [1.54, 1.807) is 62.4 Å². The molecule has 3 aromatic carbocycles. The van der Waals surface area contributed by atoms with Crippen molar-refractivity contribution in [2.45, 2.75) is 36.5 Å². The molecule has 0 saturated carbocycles. The quantitative estimate of drug-likeness (QED) is 0.491. The zero-order chi connectivity index (χ0) is 25.2. The summed E-state index contributed by atoms with van der Waals surface area (Å²) in [5, 5.41) is 2.72. The first-order valence-corrected chi connectivity index (χ1v) is 14.1. The van der Waals surface area contributed by atoms with Gasteiger partial charge in [0.25, 0.3) is 20.0 Å². The standard InChI is InChI=1S/C25H27N3O5S2/c1-18(2)25(29)26-20-12-14-22(15-13-20)34(30,31)27-21-11-10-19-7-6-16-28(24(19)17-21)35(32,33)23-8-4-3-5-9-23/h3-5,8-15,17-18,27H,6-7,16H2,1-2H3,(H,26,29). The molecule has 4 rings (SSSR count). The minimum atomic E-state index is -3.94. The number of nitrogens with one attached hydrogen (secondary N) is 2. The topological polar surface area (TPSA) is 113 Å². The fourth-order valence-corrected chi connectivity index (χ4v) is 6.40. The number of aryl methyl sites for hydroxylation is 1. The Morgan fingerprint density at radius 2 is 1.51 bits per heavy atom. The van der Waals surface area contributed by atoms with Crippen molar-refractivity contribution in [2.24, 2.45) is 5.92 Å². The Morgan fingerprint density at radius 3 is 2.17 bits per heavy atom. The van der Waals surface area contributed by atoms with Crippen LogP contribution < -0.4 is 14.3 Å². The highest BCUT2D eigenvalue weighted by atomic mass is 32.2. The number of carbonyl (C=O) groups is 1. The summed E-state index contributed by atoms with van der Waals surface area (Å²) in [6, 6.07) is 19.0. The molecule has 8 nitrogen and oxygen atoms in total. The predicted octanol–water partition coefficient (Wildman–Crippen LogP) is 4.22. The average molecular weight is 514 g/mol. The van der Waals surface area contributed by atoms with Crippen LogP contribution in [0.5, 0.6) is 0 Å². The van der Waals surface area contributed by atoms with Crippen LogP contribution in [0.15, 0.2) is 82.6 Å². The number of hydrogen-bond donors (Lipinski definition) is 2. The summed E-state index contributed by atoms with van der Waals surface area (Å²) in [6.45, 7) is 3.84. The van der Waals surface area contributed by atoms with Crippen molar-refractivity contribution >= 4 is 43.0 Å².